The molecule has 0 saturated heterocycles. The van der Waals surface area contributed by atoms with Gasteiger partial charge in [-0.3, -0.25) is 0 Å². The summed E-state index contributed by atoms with van der Waals surface area (Å²) in [6.45, 7) is 1.79. The topological polar surface area (TPSA) is 74.6 Å². The van der Waals surface area contributed by atoms with Crippen LogP contribution in [0, 0.1) is 5.92 Å². The van der Waals surface area contributed by atoms with Crippen LogP contribution in [0.4, 0.5) is 74.6 Å². The highest BCUT2D eigenvalue weighted by Gasteiger charge is 2.95. The summed E-state index contributed by atoms with van der Waals surface area (Å²) in [5.41, 5.74) is -3.02. The Hall–Kier alpha value is -2.51. The van der Waals surface area contributed by atoms with Crippen LogP contribution in [0.15, 0.2) is 11.1 Å². The third-order valence-electron chi connectivity index (χ3n) is 4.87. The van der Waals surface area contributed by atoms with Gasteiger partial charge >= 0.3 is 59.6 Å². The Kier molecular flexibility index (Phi) is 9.25. The molecule has 38 heavy (non-hydrogen) atoms. The minimum Gasteiger partial charge on any atom is -0.478 e. The summed E-state index contributed by atoms with van der Waals surface area (Å²) in [5, 5.41) is 17.8. The highest BCUT2D eigenvalue weighted by molar-refractivity contribution is 5.99. The Bertz CT molecular complexity index is 947. The van der Waals surface area contributed by atoms with Gasteiger partial charge in [-0.05, 0) is 12.3 Å². The van der Waals surface area contributed by atoms with E-state index in [2.05, 4.69) is 0 Å². The Morgan fingerprint density at radius 1 is 0.553 bits per heavy atom. The van der Waals surface area contributed by atoms with Crippen LogP contribution in [-0.4, -0.2) is 69.8 Å². The van der Waals surface area contributed by atoms with Crippen LogP contribution in [-0.2, 0) is 9.59 Å². The first kappa shape index (κ1) is 35.5. The Balaban J connectivity index is 6.78. The van der Waals surface area contributed by atoms with Gasteiger partial charge < -0.3 is 10.2 Å². The fourth-order valence-electron chi connectivity index (χ4n) is 2.72. The van der Waals surface area contributed by atoms with E-state index in [0.29, 0.717) is 0 Å². The first-order valence-electron chi connectivity index (χ1n) is 9.22. The van der Waals surface area contributed by atoms with Gasteiger partial charge in [-0.15, -0.1) is 0 Å². The summed E-state index contributed by atoms with van der Waals surface area (Å²) in [7, 11) is 0. The molecule has 0 radical (unpaired) electrons. The van der Waals surface area contributed by atoms with E-state index < -0.39 is 89.5 Å². The standard InChI is InChI=1S/C17H13F17O4/c1-5(2)7(9(37)38)6(8(35)36)3-4-10(18,19)11(20,21)12(22,23)13(24,25)14(26,27)15(28,29)16(30,31)17(32,33)34/h5H,3-4H2,1-2H3,(H,35,36)(H,37,38). The molecule has 0 amide bonds. The summed E-state index contributed by atoms with van der Waals surface area (Å²) in [5.74, 6) is -63.8. The SMILES string of the molecule is CC(C)C(C(=O)O)=C(CCC(F)(F)C(F)(F)C(F)(F)C(F)(F)C(F)(F)C(F)(F)C(F)(F)C(F)(F)F)C(=O)O. The highest BCUT2D eigenvalue weighted by atomic mass is 19.4. The lowest BCUT2D eigenvalue weighted by Gasteiger charge is -2.42. The van der Waals surface area contributed by atoms with Gasteiger partial charge in [0.15, 0.2) is 0 Å². The zero-order chi connectivity index (χ0) is 31.3. The summed E-state index contributed by atoms with van der Waals surface area (Å²) >= 11 is 0. The summed E-state index contributed by atoms with van der Waals surface area (Å²) < 4.78 is 225. The number of aliphatic carboxylic acids is 2. The van der Waals surface area contributed by atoms with Gasteiger partial charge in [-0.25, -0.2) is 9.59 Å². The fraction of sp³-hybridized carbons (Fsp3) is 0.765. The Labute approximate surface area is 199 Å². The van der Waals surface area contributed by atoms with E-state index in [1.807, 2.05) is 0 Å². The number of alkyl halides is 17. The third-order valence-corrected chi connectivity index (χ3v) is 4.87. The molecule has 0 aliphatic rings. The van der Waals surface area contributed by atoms with E-state index in [1.165, 1.54) is 0 Å². The van der Waals surface area contributed by atoms with Gasteiger partial charge in [0.05, 0.1) is 0 Å². The van der Waals surface area contributed by atoms with Crippen molar-refractivity contribution in [1.82, 2.24) is 0 Å². The van der Waals surface area contributed by atoms with Crippen molar-refractivity contribution < 1.29 is 94.4 Å². The maximum atomic E-state index is 13.9. The second-order valence-electron chi connectivity index (χ2n) is 7.81. The van der Waals surface area contributed by atoms with Crippen LogP contribution in [0.1, 0.15) is 26.7 Å². The van der Waals surface area contributed by atoms with Crippen molar-refractivity contribution in [2.75, 3.05) is 0 Å². The summed E-state index contributed by atoms with van der Waals surface area (Å²) in [4.78, 5) is 22.2. The molecule has 21 heteroatoms. The molecule has 0 fully saturated rings. The molecule has 0 bridgehead atoms. The maximum absolute atomic E-state index is 13.9. The van der Waals surface area contributed by atoms with Crippen molar-refractivity contribution in [2.24, 2.45) is 5.92 Å². The van der Waals surface area contributed by atoms with Crippen molar-refractivity contribution in [3.63, 3.8) is 0 Å². The van der Waals surface area contributed by atoms with Gasteiger partial charge in [0.2, 0.25) is 0 Å². The van der Waals surface area contributed by atoms with Crippen LogP contribution in [0.5, 0.6) is 0 Å². The largest absolute Gasteiger partial charge is 0.478 e. The van der Waals surface area contributed by atoms with E-state index in [-0.39, 0.29) is 0 Å². The van der Waals surface area contributed by atoms with Crippen LogP contribution in [0.3, 0.4) is 0 Å². The number of halogens is 17. The molecule has 2 N–H and O–H groups in total. The van der Waals surface area contributed by atoms with Gasteiger partial charge in [-0.1, -0.05) is 13.8 Å². The third kappa shape index (κ3) is 5.20. The Morgan fingerprint density at radius 3 is 1.13 bits per heavy atom. The zero-order valence-corrected chi connectivity index (χ0v) is 18.1. The smallest absolute Gasteiger partial charge is 0.460 e. The van der Waals surface area contributed by atoms with Crippen molar-refractivity contribution in [1.29, 1.82) is 0 Å². The van der Waals surface area contributed by atoms with Gasteiger partial charge in [0.1, 0.15) is 0 Å². The number of hydrogen-bond donors (Lipinski definition) is 2. The molecule has 0 aromatic carbocycles. The summed E-state index contributed by atoms with van der Waals surface area (Å²) in [6, 6.07) is 0. The number of rotatable bonds is 12. The molecular formula is C17H13F17O4. The Morgan fingerprint density at radius 2 is 0.868 bits per heavy atom. The van der Waals surface area contributed by atoms with E-state index in [4.69, 9.17) is 10.2 Å². The van der Waals surface area contributed by atoms with E-state index in [0.717, 1.165) is 13.8 Å². The van der Waals surface area contributed by atoms with E-state index in [9.17, 15) is 84.2 Å². The van der Waals surface area contributed by atoms with E-state index >= 15 is 0 Å². The van der Waals surface area contributed by atoms with E-state index in [1.54, 1.807) is 0 Å². The van der Waals surface area contributed by atoms with Crippen molar-refractivity contribution >= 4 is 11.9 Å². The monoisotopic (exact) mass is 604 g/mol. The normalized spacial score (nSPS) is 16.0. The maximum Gasteiger partial charge on any atom is 0.460 e. The lowest BCUT2D eigenvalue weighted by atomic mass is 9.86. The van der Waals surface area contributed by atoms with Crippen LogP contribution in [0.25, 0.3) is 0 Å². The van der Waals surface area contributed by atoms with Gasteiger partial charge in [0.25, 0.3) is 0 Å². The minimum absolute atomic E-state index is 0.896. The van der Waals surface area contributed by atoms with Crippen LogP contribution in [0.2, 0.25) is 0 Å². The molecule has 4 nitrogen and oxygen atoms in total. The average molecular weight is 604 g/mol. The van der Waals surface area contributed by atoms with Gasteiger partial charge in [-0.2, -0.15) is 74.6 Å². The second-order valence-corrected chi connectivity index (χ2v) is 7.81. The molecule has 0 atom stereocenters. The molecular weight excluding hydrogens is 591 g/mol. The zero-order valence-electron chi connectivity index (χ0n) is 18.1. The second kappa shape index (κ2) is 9.91. The van der Waals surface area contributed by atoms with Crippen LogP contribution < -0.4 is 0 Å². The molecule has 0 aromatic heterocycles. The molecule has 0 aromatic rings. The highest BCUT2D eigenvalue weighted by Crippen LogP contribution is 2.64. The lowest BCUT2D eigenvalue weighted by molar-refractivity contribution is -0.461. The fourth-order valence-corrected chi connectivity index (χ4v) is 2.72. The molecule has 0 saturated carbocycles. The number of carbonyl (C=O) groups is 2. The van der Waals surface area contributed by atoms with Crippen molar-refractivity contribution in [3.8, 4) is 0 Å². The van der Waals surface area contributed by atoms with Crippen molar-refractivity contribution in [3.05, 3.63) is 11.1 Å². The van der Waals surface area contributed by atoms with Crippen LogP contribution >= 0.6 is 0 Å². The predicted octanol–water partition coefficient (Wildman–Crippen LogP) is 6.90. The molecule has 0 spiro atoms. The number of hydrogen-bond acceptors (Lipinski definition) is 2. The molecule has 0 rings (SSSR count). The molecule has 0 aliphatic heterocycles. The average Bonchev–Trinajstić information content (AvgIpc) is 2.68. The minimum atomic E-state index is -8.78. The lowest BCUT2D eigenvalue weighted by Crippen LogP contribution is -2.74. The predicted molar refractivity (Wildman–Crippen MR) is 87.1 cm³/mol. The molecule has 0 unspecified atom stereocenters. The molecule has 224 valence electrons. The molecule has 0 aliphatic carbocycles. The summed E-state index contributed by atoms with van der Waals surface area (Å²) in [6.07, 6.45) is -13.1. The quantitative estimate of drug-likeness (QED) is 0.188. The molecule has 0 heterocycles. The first-order valence-corrected chi connectivity index (χ1v) is 9.22. The number of carboxylic acids is 2. The van der Waals surface area contributed by atoms with Gasteiger partial charge in [0, 0.05) is 17.6 Å². The first-order chi connectivity index (χ1) is 16.3. The number of carboxylic acid groups (broad SMARTS) is 2. The van der Waals surface area contributed by atoms with Crippen molar-refractivity contribution in [2.45, 2.75) is 74.3 Å².